The molecule has 0 spiro atoms. The number of benzene rings is 3. The summed E-state index contributed by atoms with van der Waals surface area (Å²) < 4.78 is 74.6. The maximum atomic E-state index is 14.2. The summed E-state index contributed by atoms with van der Waals surface area (Å²) in [6, 6.07) is 15.7. The molecule has 1 aliphatic rings. The van der Waals surface area contributed by atoms with Crippen LogP contribution < -0.4 is 4.74 Å². The van der Waals surface area contributed by atoms with E-state index in [0.29, 0.717) is 23.3 Å². The normalized spacial score (nSPS) is 17.3. The third-order valence-electron chi connectivity index (χ3n) is 5.47. The van der Waals surface area contributed by atoms with Crippen LogP contribution in [0.5, 0.6) is 5.75 Å². The highest BCUT2D eigenvalue weighted by Crippen LogP contribution is 2.41. The van der Waals surface area contributed by atoms with Crippen LogP contribution in [0.1, 0.15) is 35.3 Å². The third-order valence-corrected chi connectivity index (χ3v) is 7.39. The first kappa shape index (κ1) is 22.8. The Morgan fingerprint density at radius 2 is 1.58 bits per heavy atom. The van der Waals surface area contributed by atoms with Crippen LogP contribution in [0, 0.1) is 28.8 Å². The first-order valence-corrected chi connectivity index (χ1v) is 11.8. The minimum atomic E-state index is -3.67. The molecule has 5 nitrogen and oxygen atoms in total. The molecule has 0 saturated carbocycles. The van der Waals surface area contributed by atoms with Crippen LogP contribution in [-0.4, -0.2) is 25.0 Å². The summed E-state index contributed by atoms with van der Waals surface area (Å²) in [5, 5.41) is 9.03. The Labute approximate surface area is 189 Å². The molecule has 0 aliphatic carbocycles. The fraction of sp³-hybridized carbons (Fsp3) is 0.208. The van der Waals surface area contributed by atoms with Crippen LogP contribution in [0.2, 0.25) is 0 Å². The second-order valence-corrected chi connectivity index (χ2v) is 9.67. The molecule has 4 rings (SSSR count). The van der Waals surface area contributed by atoms with Crippen LogP contribution in [0.4, 0.5) is 13.2 Å². The fourth-order valence-corrected chi connectivity index (χ4v) is 5.60. The molecule has 0 bridgehead atoms. The zero-order valence-corrected chi connectivity index (χ0v) is 18.1. The molecule has 170 valence electrons. The lowest BCUT2D eigenvalue weighted by molar-refractivity contribution is 0.115. The molecule has 33 heavy (non-hydrogen) atoms. The van der Waals surface area contributed by atoms with Crippen LogP contribution in [0.25, 0.3) is 0 Å². The monoisotopic (exact) mass is 472 g/mol. The first-order chi connectivity index (χ1) is 15.8. The van der Waals surface area contributed by atoms with E-state index in [4.69, 9.17) is 10.00 Å². The van der Waals surface area contributed by atoms with Gasteiger partial charge in [-0.05, 0) is 66.1 Å². The van der Waals surface area contributed by atoms with Gasteiger partial charge >= 0.3 is 0 Å². The standard InChI is InChI=1S/C24H19F3N2O3S/c25-19-7-4-17(5-8-19)23(29-12-1-13-33(29,30)31)24(18-6-11-21(26)22(27)14-18)32-20-9-2-16(15-28)3-10-20/h2-11,14,23-24H,1,12-13H2/t23-,24+/m1/s1. The molecule has 0 amide bonds. The van der Waals surface area contributed by atoms with Crippen LogP contribution in [0.3, 0.4) is 0 Å². The number of rotatable bonds is 6. The molecule has 1 fully saturated rings. The van der Waals surface area contributed by atoms with E-state index in [0.717, 1.165) is 12.1 Å². The van der Waals surface area contributed by atoms with Gasteiger partial charge in [-0.1, -0.05) is 18.2 Å². The number of halogens is 3. The summed E-state index contributed by atoms with van der Waals surface area (Å²) >= 11 is 0. The van der Waals surface area contributed by atoms with Crippen molar-refractivity contribution in [1.29, 1.82) is 5.26 Å². The Hall–Kier alpha value is -3.35. The van der Waals surface area contributed by atoms with E-state index >= 15 is 0 Å². The number of hydrogen-bond acceptors (Lipinski definition) is 4. The summed E-state index contributed by atoms with van der Waals surface area (Å²) in [5.74, 6) is -2.43. The van der Waals surface area contributed by atoms with Gasteiger partial charge in [-0.15, -0.1) is 0 Å². The smallest absolute Gasteiger partial charge is 0.214 e. The first-order valence-electron chi connectivity index (χ1n) is 10.2. The number of ether oxygens (including phenoxy) is 1. The van der Waals surface area contributed by atoms with E-state index < -0.39 is 39.6 Å². The van der Waals surface area contributed by atoms with E-state index in [1.54, 1.807) is 0 Å². The number of nitrogens with zero attached hydrogens (tertiary/aromatic N) is 2. The van der Waals surface area contributed by atoms with Crippen LogP contribution in [0.15, 0.2) is 66.7 Å². The average Bonchev–Trinajstić information content (AvgIpc) is 3.15. The minimum absolute atomic E-state index is 0.0634. The average molecular weight is 472 g/mol. The molecule has 2 atom stereocenters. The lowest BCUT2D eigenvalue weighted by Crippen LogP contribution is -2.36. The molecule has 0 N–H and O–H groups in total. The predicted molar refractivity (Wildman–Crippen MR) is 115 cm³/mol. The maximum Gasteiger partial charge on any atom is 0.214 e. The van der Waals surface area contributed by atoms with Crippen molar-refractivity contribution in [2.75, 3.05) is 12.3 Å². The van der Waals surface area contributed by atoms with Crippen LogP contribution >= 0.6 is 0 Å². The number of nitriles is 1. The summed E-state index contributed by atoms with van der Waals surface area (Å²) in [6.45, 7) is 0.196. The van der Waals surface area contributed by atoms with Gasteiger partial charge in [0.05, 0.1) is 23.4 Å². The van der Waals surface area contributed by atoms with Gasteiger partial charge in [0, 0.05) is 6.54 Å². The molecule has 0 unspecified atom stereocenters. The summed E-state index contributed by atoms with van der Waals surface area (Å²) in [4.78, 5) is 0. The Morgan fingerprint density at radius 3 is 2.15 bits per heavy atom. The fourth-order valence-electron chi connectivity index (χ4n) is 3.88. The molecule has 1 saturated heterocycles. The highest BCUT2D eigenvalue weighted by atomic mass is 32.2. The van der Waals surface area contributed by atoms with E-state index in [2.05, 4.69) is 0 Å². The topological polar surface area (TPSA) is 70.4 Å². The molecule has 9 heteroatoms. The highest BCUT2D eigenvalue weighted by Gasteiger charge is 2.41. The van der Waals surface area contributed by atoms with Gasteiger partial charge in [0.15, 0.2) is 11.6 Å². The Morgan fingerprint density at radius 1 is 0.909 bits per heavy atom. The summed E-state index contributed by atoms with van der Waals surface area (Å²) in [6.07, 6.45) is -0.701. The molecule has 3 aromatic carbocycles. The van der Waals surface area contributed by atoms with Gasteiger partial charge < -0.3 is 4.74 Å². The minimum Gasteiger partial charge on any atom is -0.484 e. The number of sulfonamides is 1. The molecule has 0 aromatic heterocycles. The van der Waals surface area contributed by atoms with E-state index in [1.165, 1.54) is 58.9 Å². The Kier molecular flexibility index (Phi) is 6.40. The van der Waals surface area contributed by atoms with Crippen molar-refractivity contribution < 1.29 is 26.3 Å². The molecular weight excluding hydrogens is 453 g/mol. The lowest BCUT2D eigenvalue weighted by Gasteiger charge is -2.34. The number of hydrogen-bond donors (Lipinski definition) is 0. The van der Waals surface area contributed by atoms with Crippen molar-refractivity contribution in [3.63, 3.8) is 0 Å². The molecular formula is C24H19F3N2O3S. The van der Waals surface area contributed by atoms with Crippen molar-refractivity contribution in [2.24, 2.45) is 0 Å². The van der Waals surface area contributed by atoms with Crippen molar-refractivity contribution >= 4 is 10.0 Å². The molecule has 1 aliphatic heterocycles. The van der Waals surface area contributed by atoms with Gasteiger partial charge in [0.2, 0.25) is 10.0 Å². The van der Waals surface area contributed by atoms with Crippen molar-refractivity contribution in [3.05, 3.63) is 101 Å². The van der Waals surface area contributed by atoms with E-state index in [-0.39, 0.29) is 17.9 Å². The van der Waals surface area contributed by atoms with Crippen molar-refractivity contribution in [2.45, 2.75) is 18.6 Å². The zero-order valence-electron chi connectivity index (χ0n) is 17.3. The predicted octanol–water partition coefficient (Wildman–Crippen LogP) is 4.87. The SMILES string of the molecule is N#Cc1ccc(O[C@@H](c2ccc(F)c(F)c2)[C@@H](c2ccc(F)cc2)N2CCCS2(=O)=O)cc1. The van der Waals surface area contributed by atoms with Gasteiger partial charge in [0.1, 0.15) is 17.7 Å². The van der Waals surface area contributed by atoms with Gasteiger partial charge in [-0.2, -0.15) is 9.57 Å². The van der Waals surface area contributed by atoms with E-state index in [9.17, 15) is 21.6 Å². The Bertz CT molecular complexity index is 1290. The Balaban J connectivity index is 1.86. The third kappa shape index (κ3) is 4.87. The van der Waals surface area contributed by atoms with E-state index in [1.807, 2.05) is 6.07 Å². The largest absolute Gasteiger partial charge is 0.484 e. The quantitative estimate of drug-likeness (QED) is 0.513. The lowest BCUT2D eigenvalue weighted by atomic mass is 9.95. The molecule has 0 radical (unpaired) electrons. The van der Waals surface area contributed by atoms with Crippen molar-refractivity contribution in [1.82, 2.24) is 4.31 Å². The highest BCUT2D eigenvalue weighted by molar-refractivity contribution is 7.89. The second kappa shape index (κ2) is 9.25. The van der Waals surface area contributed by atoms with Gasteiger partial charge in [0.25, 0.3) is 0 Å². The maximum absolute atomic E-state index is 14.2. The van der Waals surface area contributed by atoms with Gasteiger partial charge in [-0.25, -0.2) is 21.6 Å². The molecule has 3 aromatic rings. The second-order valence-electron chi connectivity index (χ2n) is 7.62. The summed E-state index contributed by atoms with van der Waals surface area (Å²) in [7, 11) is -3.67. The molecule has 1 heterocycles. The van der Waals surface area contributed by atoms with Crippen LogP contribution in [-0.2, 0) is 10.0 Å². The van der Waals surface area contributed by atoms with Gasteiger partial charge in [-0.3, -0.25) is 0 Å². The zero-order chi connectivity index (χ0) is 23.6. The van der Waals surface area contributed by atoms with Crippen molar-refractivity contribution in [3.8, 4) is 11.8 Å². The summed E-state index contributed by atoms with van der Waals surface area (Å²) in [5.41, 5.74) is 1.03.